The van der Waals surface area contributed by atoms with Gasteiger partial charge in [-0.15, -0.1) is 0 Å². The maximum absolute atomic E-state index is 13.7. The van der Waals surface area contributed by atoms with E-state index in [-0.39, 0.29) is 11.9 Å². The van der Waals surface area contributed by atoms with Crippen LogP contribution < -0.4 is 5.32 Å². The van der Waals surface area contributed by atoms with Gasteiger partial charge in [0, 0.05) is 24.7 Å². The molecule has 0 aliphatic carbocycles. The first kappa shape index (κ1) is 19.2. The number of esters is 1. The highest BCUT2D eigenvalue weighted by Crippen LogP contribution is 2.23. The van der Waals surface area contributed by atoms with Crippen LogP contribution in [0.15, 0.2) is 24.3 Å². The Kier molecular flexibility index (Phi) is 6.00. The summed E-state index contributed by atoms with van der Waals surface area (Å²) in [4.78, 5) is 25.8. The fourth-order valence-corrected chi connectivity index (χ4v) is 2.76. The van der Waals surface area contributed by atoms with Gasteiger partial charge in [0.05, 0.1) is 7.11 Å². The number of amides is 1. The number of likely N-dealkylation sites (tertiary alicyclic amines) is 1. The number of nitrogens with one attached hydrogen (secondary N) is 1. The van der Waals surface area contributed by atoms with Gasteiger partial charge in [-0.1, -0.05) is 18.2 Å². The Morgan fingerprint density at radius 1 is 1.32 bits per heavy atom. The van der Waals surface area contributed by atoms with Crippen LogP contribution in [0.1, 0.15) is 32.8 Å². The van der Waals surface area contributed by atoms with Crippen molar-refractivity contribution in [3.8, 4) is 0 Å². The van der Waals surface area contributed by atoms with Crippen molar-refractivity contribution in [1.29, 1.82) is 0 Å². The van der Waals surface area contributed by atoms with E-state index < -0.39 is 23.7 Å². The van der Waals surface area contributed by atoms with Gasteiger partial charge in [-0.3, -0.25) is 4.90 Å². The average molecular weight is 352 g/mol. The molecule has 0 unspecified atom stereocenters. The van der Waals surface area contributed by atoms with Gasteiger partial charge < -0.3 is 14.8 Å². The van der Waals surface area contributed by atoms with Crippen LogP contribution in [0, 0.1) is 5.82 Å². The van der Waals surface area contributed by atoms with Gasteiger partial charge >= 0.3 is 12.1 Å². The predicted molar refractivity (Wildman–Crippen MR) is 90.4 cm³/mol. The van der Waals surface area contributed by atoms with Crippen molar-refractivity contribution in [2.75, 3.05) is 13.7 Å². The molecule has 0 saturated carbocycles. The maximum Gasteiger partial charge on any atom is 0.411 e. The van der Waals surface area contributed by atoms with Gasteiger partial charge in [0.15, 0.2) is 0 Å². The van der Waals surface area contributed by atoms with Crippen LogP contribution in [0.5, 0.6) is 0 Å². The first-order valence-corrected chi connectivity index (χ1v) is 8.25. The molecule has 1 saturated heterocycles. The summed E-state index contributed by atoms with van der Waals surface area (Å²) in [5, 5.41) is 3.20. The third-order valence-electron chi connectivity index (χ3n) is 3.94. The molecule has 6 nitrogen and oxygen atoms in total. The molecule has 0 radical (unpaired) electrons. The number of methoxy groups -OCH3 is 1. The van der Waals surface area contributed by atoms with Crippen LogP contribution >= 0.6 is 0 Å². The van der Waals surface area contributed by atoms with E-state index in [9.17, 15) is 14.0 Å². The lowest BCUT2D eigenvalue weighted by molar-refractivity contribution is -0.145. The molecule has 1 N–H and O–H groups in total. The molecule has 1 amide bonds. The highest BCUT2D eigenvalue weighted by molar-refractivity contribution is 5.82. The summed E-state index contributed by atoms with van der Waals surface area (Å²) in [5.41, 5.74) is -0.121. The second-order valence-electron chi connectivity index (χ2n) is 7.08. The van der Waals surface area contributed by atoms with Crippen molar-refractivity contribution in [2.24, 2.45) is 0 Å². The highest BCUT2D eigenvalue weighted by atomic mass is 19.1. The number of hydrogen-bond donors (Lipinski definition) is 1. The van der Waals surface area contributed by atoms with Crippen molar-refractivity contribution in [3.05, 3.63) is 35.6 Å². The Labute approximate surface area is 147 Å². The third kappa shape index (κ3) is 5.16. The normalized spacial score (nSPS) is 20.4. The maximum atomic E-state index is 13.7. The lowest BCUT2D eigenvalue weighted by Gasteiger charge is -2.27. The van der Waals surface area contributed by atoms with Crippen LogP contribution in [0.3, 0.4) is 0 Å². The van der Waals surface area contributed by atoms with E-state index in [1.165, 1.54) is 18.1 Å². The fourth-order valence-electron chi connectivity index (χ4n) is 2.76. The molecule has 25 heavy (non-hydrogen) atoms. The molecule has 1 aliphatic heterocycles. The third-order valence-corrected chi connectivity index (χ3v) is 3.94. The van der Waals surface area contributed by atoms with Crippen LogP contribution in [0.4, 0.5) is 9.18 Å². The van der Waals surface area contributed by atoms with Gasteiger partial charge in [0.25, 0.3) is 0 Å². The van der Waals surface area contributed by atoms with Crippen LogP contribution in [0.2, 0.25) is 0 Å². The molecule has 0 aromatic heterocycles. The second kappa shape index (κ2) is 7.82. The van der Waals surface area contributed by atoms with Gasteiger partial charge in [-0.25, -0.2) is 14.0 Å². The number of carbonyl (C=O) groups excluding carboxylic acids is 2. The van der Waals surface area contributed by atoms with Crippen molar-refractivity contribution in [3.63, 3.8) is 0 Å². The minimum Gasteiger partial charge on any atom is -0.467 e. The van der Waals surface area contributed by atoms with E-state index in [1.807, 2.05) is 0 Å². The second-order valence-corrected chi connectivity index (χ2v) is 7.08. The van der Waals surface area contributed by atoms with Crippen LogP contribution in [-0.2, 0) is 20.8 Å². The minimum absolute atomic E-state index is 0.156. The Hall–Kier alpha value is -2.15. The molecular weight excluding hydrogens is 327 g/mol. The van der Waals surface area contributed by atoms with Crippen molar-refractivity contribution >= 4 is 12.1 Å². The Morgan fingerprint density at radius 3 is 2.60 bits per heavy atom. The van der Waals surface area contributed by atoms with Crippen LogP contribution in [-0.4, -0.2) is 48.3 Å². The average Bonchev–Trinajstić information content (AvgIpc) is 2.96. The Morgan fingerprint density at radius 2 is 2.00 bits per heavy atom. The van der Waals surface area contributed by atoms with E-state index in [0.29, 0.717) is 25.1 Å². The fraction of sp³-hybridized carbons (Fsp3) is 0.556. The summed E-state index contributed by atoms with van der Waals surface area (Å²) in [6.45, 7) is 5.91. The van der Waals surface area contributed by atoms with Gasteiger partial charge in [-0.2, -0.15) is 0 Å². The molecule has 2 rings (SSSR count). The van der Waals surface area contributed by atoms with Crippen LogP contribution in [0.25, 0.3) is 0 Å². The molecule has 2 atom stereocenters. The van der Waals surface area contributed by atoms with Gasteiger partial charge in [0.2, 0.25) is 0 Å². The van der Waals surface area contributed by atoms with Crippen molar-refractivity contribution in [1.82, 2.24) is 10.2 Å². The monoisotopic (exact) mass is 352 g/mol. The number of carbonyl (C=O) groups is 2. The first-order chi connectivity index (χ1) is 11.7. The standard InChI is InChI=1S/C18H25FN2O4/c1-18(2,3)25-17(23)21-11-13(9-15(21)16(22)24-4)20-10-12-7-5-6-8-14(12)19/h5-8,13,15,20H,9-11H2,1-4H3/t13-,15-/m0/s1. The molecule has 138 valence electrons. The summed E-state index contributed by atoms with van der Waals surface area (Å²) < 4.78 is 23.9. The molecule has 1 aromatic rings. The summed E-state index contributed by atoms with van der Waals surface area (Å²) in [6.07, 6.45) is -0.168. The zero-order chi connectivity index (χ0) is 18.6. The van der Waals surface area contributed by atoms with E-state index in [2.05, 4.69) is 5.32 Å². The molecule has 0 bridgehead atoms. The van der Waals surface area contributed by atoms with E-state index in [0.717, 1.165) is 0 Å². The number of halogens is 1. The zero-order valence-corrected chi connectivity index (χ0v) is 15.0. The molecule has 1 aromatic carbocycles. The largest absolute Gasteiger partial charge is 0.467 e. The van der Waals surface area contributed by atoms with Gasteiger partial charge in [0.1, 0.15) is 17.5 Å². The summed E-state index contributed by atoms with van der Waals surface area (Å²) in [6, 6.07) is 5.62. The molecular formula is C18H25FN2O4. The molecule has 0 spiro atoms. The summed E-state index contributed by atoms with van der Waals surface area (Å²) >= 11 is 0. The van der Waals surface area contributed by atoms with Crippen molar-refractivity contribution in [2.45, 2.75) is 51.4 Å². The number of rotatable bonds is 4. The molecule has 1 fully saturated rings. The van der Waals surface area contributed by atoms with E-state index in [1.54, 1.807) is 39.0 Å². The zero-order valence-electron chi connectivity index (χ0n) is 15.0. The summed E-state index contributed by atoms with van der Waals surface area (Å²) in [7, 11) is 1.29. The Bertz CT molecular complexity index is 630. The summed E-state index contributed by atoms with van der Waals surface area (Å²) in [5.74, 6) is -0.775. The highest BCUT2D eigenvalue weighted by Gasteiger charge is 2.42. The van der Waals surface area contributed by atoms with E-state index >= 15 is 0 Å². The van der Waals surface area contributed by atoms with Crippen molar-refractivity contribution < 1.29 is 23.5 Å². The molecule has 1 heterocycles. The predicted octanol–water partition coefficient (Wildman–Crippen LogP) is 2.47. The lowest BCUT2D eigenvalue weighted by atomic mass is 10.1. The number of benzene rings is 1. The molecule has 7 heteroatoms. The Balaban J connectivity index is 2.03. The molecule has 1 aliphatic rings. The quantitative estimate of drug-likeness (QED) is 0.843. The lowest BCUT2D eigenvalue weighted by Crippen LogP contribution is -2.44. The number of ether oxygens (including phenoxy) is 2. The minimum atomic E-state index is -0.710. The number of hydrogen-bond acceptors (Lipinski definition) is 5. The van der Waals surface area contributed by atoms with Gasteiger partial charge in [-0.05, 0) is 33.3 Å². The topological polar surface area (TPSA) is 67.9 Å². The smallest absolute Gasteiger partial charge is 0.411 e. The number of nitrogens with zero attached hydrogens (tertiary/aromatic N) is 1. The van der Waals surface area contributed by atoms with E-state index in [4.69, 9.17) is 9.47 Å². The SMILES string of the molecule is COC(=O)[C@@H]1C[C@H](NCc2ccccc2F)CN1C(=O)OC(C)(C)C. The first-order valence-electron chi connectivity index (χ1n) is 8.25.